The van der Waals surface area contributed by atoms with Crippen LogP contribution in [0.3, 0.4) is 0 Å². The van der Waals surface area contributed by atoms with Gasteiger partial charge in [0, 0.05) is 0 Å². The molecule has 0 bridgehead atoms. The van der Waals surface area contributed by atoms with Crippen LogP contribution in [0.15, 0.2) is 17.1 Å². The number of hydrogen-bond donors (Lipinski definition) is 1. The zero-order chi connectivity index (χ0) is 10.7. The highest BCUT2D eigenvalue weighted by Crippen LogP contribution is 2.28. The number of hydrogen-bond acceptors (Lipinski definition) is 3. The maximum atomic E-state index is 10.7. The van der Waals surface area contributed by atoms with Gasteiger partial charge in [-0.1, -0.05) is 11.6 Å². The fourth-order valence-corrected chi connectivity index (χ4v) is 1.25. The molecule has 0 heterocycles. The number of halogens is 1. The molecular formula is C9H6ClNO3. The van der Waals surface area contributed by atoms with Crippen molar-refractivity contribution in [3.63, 3.8) is 0 Å². The molecule has 0 saturated carbocycles. The largest absolute Gasteiger partial charge is 0.478 e. The minimum Gasteiger partial charge on any atom is -0.478 e. The van der Waals surface area contributed by atoms with E-state index in [0.29, 0.717) is 11.3 Å². The fraction of sp³-hybridized carbons (Fsp3) is 0.111. The average Bonchev–Trinajstić information content (AvgIpc) is 2.13. The number of isocyanates is 1. The Morgan fingerprint density at radius 1 is 1.57 bits per heavy atom. The molecule has 0 aliphatic rings. The predicted octanol–water partition coefficient (Wildman–Crippen LogP) is 2.31. The van der Waals surface area contributed by atoms with E-state index >= 15 is 0 Å². The molecule has 1 aromatic carbocycles. The van der Waals surface area contributed by atoms with Gasteiger partial charge in [0.25, 0.3) is 0 Å². The molecule has 0 radical (unpaired) electrons. The Balaban J connectivity index is 3.40. The molecular weight excluding hydrogens is 206 g/mol. The van der Waals surface area contributed by atoms with Gasteiger partial charge in [-0.3, -0.25) is 0 Å². The van der Waals surface area contributed by atoms with E-state index in [0.717, 1.165) is 0 Å². The Morgan fingerprint density at radius 2 is 2.21 bits per heavy atom. The summed E-state index contributed by atoms with van der Waals surface area (Å²) in [6, 6.07) is 2.71. The smallest absolute Gasteiger partial charge is 0.337 e. The number of carbonyl (C=O) groups is 1. The van der Waals surface area contributed by atoms with Gasteiger partial charge in [0.2, 0.25) is 6.08 Å². The number of carbonyl (C=O) groups excluding carboxylic acids is 1. The molecule has 1 rings (SSSR count). The lowest BCUT2D eigenvalue weighted by atomic mass is 10.1. The first-order valence-corrected chi connectivity index (χ1v) is 4.06. The van der Waals surface area contributed by atoms with E-state index in [1.165, 1.54) is 18.2 Å². The zero-order valence-electron chi connectivity index (χ0n) is 7.24. The highest BCUT2D eigenvalue weighted by Gasteiger charge is 2.12. The van der Waals surface area contributed by atoms with Gasteiger partial charge >= 0.3 is 5.97 Å². The van der Waals surface area contributed by atoms with Crippen molar-refractivity contribution < 1.29 is 14.7 Å². The van der Waals surface area contributed by atoms with Crippen LogP contribution in [0.2, 0.25) is 5.02 Å². The van der Waals surface area contributed by atoms with E-state index < -0.39 is 5.97 Å². The maximum Gasteiger partial charge on any atom is 0.337 e. The third-order valence-corrected chi connectivity index (χ3v) is 2.24. The van der Waals surface area contributed by atoms with E-state index in [-0.39, 0.29) is 10.6 Å². The number of rotatable bonds is 2. The average molecular weight is 212 g/mol. The topological polar surface area (TPSA) is 66.7 Å². The van der Waals surface area contributed by atoms with Crippen LogP contribution in [-0.4, -0.2) is 17.2 Å². The molecule has 0 aliphatic heterocycles. The molecule has 0 unspecified atom stereocenters. The van der Waals surface area contributed by atoms with Crippen LogP contribution in [0.1, 0.15) is 15.9 Å². The predicted molar refractivity (Wildman–Crippen MR) is 50.9 cm³/mol. The first kappa shape index (κ1) is 10.4. The summed E-state index contributed by atoms with van der Waals surface area (Å²) in [6.07, 6.45) is 1.37. The van der Waals surface area contributed by atoms with Crippen molar-refractivity contribution in [3.05, 3.63) is 28.3 Å². The van der Waals surface area contributed by atoms with Crippen molar-refractivity contribution in [2.24, 2.45) is 4.99 Å². The number of benzene rings is 1. The molecule has 72 valence electrons. The van der Waals surface area contributed by atoms with Crippen molar-refractivity contribution >= 4 is 29.3 Å². The van der Waals surface area contributed by atoms with Crippen LogP contribution < -0.4 is 0 Å². The van der Waals surface area contributed by atoms with Crippen molar-refractivity contribution in [3.8, 4) is 0 Å². The van der Waals surface area contributed by atoms with Gasteiger partial charge in [0.05, 0.1) is 16.3 Å². The van der Waals surface area contributed by atoms with Crippen LogP contribution in [0.4, 0.5) is 5.69 Å². The van der Waals surface area contributed by atoms with Crippen LogP contribution >= 0.6 is 11.6 Å². The molecule has 1 aromatic rings. The first-order valence-electron chi connectivity index (χ1n) is 3.68. The molecule has 5 heteroatoms. The summed E-state index contributed by atoms with van der Waals surface area (Å²) in [4.78, 5) is 24.0. The van der Waals surface area contributed by atoms with Crippen LogP contribution in [-0.2, 0) is 4.79 Å². The van der Waals surface area contributed by atoms with E-state index in [2.05, 4.69) is 4.99 Å². The second kappa shape index (κ2) is 4.05. The molecule has 0 aliphatic carbocycles. The highest BCUT2D eigenvalue weighted by molar-refractivity contribution is 6.34. The third-order valence-electron chi connectivity index (χ3n) is 1.75. The Morgan fingerprint density at radius 3 is 2.71 bits per heavy atom. The Kier molecular flexibility index (Phi) is 3.02. The third kappa shape index (κ3) is 1.82. The summed E-state index contributed by atoms with van der Waals surface area (Å²) < 4.78 is 0. The number of carboxylic acid groups (broad SMARTS) is 1. The number of aromatic carboxylic acids is 1. The first-order chi connectivity index (χ1) is 6.57. The monoisotopic (exact) mass is 211 g/mol. The van der Waals surface area contributed by atoms with Crippen molar-refractivity contribution in [1.29, 1.82) is 0 Å². The quantitative estimate of drug-likeness (QED) is 0.603. The van der Waals surface area contributed by atoms with Gasteiger partial charge in [0.15, 0.2) is 0 Å². The summed E-state index contributed by atoms with van der Waals surface area (Å²) in [5.74, 6) is -1.11. The fourth-order valence-electron chi connectivity index (χ4n) is 1.01. The lowest BCUT2D eigenvalue weighted by Crippen LogP contribution is -1.98. The molecule has 0 amide bonds. The van der Waals surface area contributed by atoms with Gasteiger partial charge in [-0.25, -0.2) is 9.59 Å². The number of carboxylic acids is 1. The van der Waals surface area contributed by atoms with Crippen LogP contribution in [0.25, 0.3) is 0 Å². The minimum absolute atomic E-state index is 0.00554. The van der Waals surface area contributed by atoms with Crippen LogP contribution in [0.5, 0.6) is 0 Å². The summed E-state index contributed by atoms with van der Waals surface area (Å²) >= 11 is 5.76. The second-order valence-corrected chi connectivity index (χ2v) is 2.96. The van der Waals surface area contributed by atoms with Crippen molar-refractivity contribution in [2.75, 3.05) is 0 Å². The standard InChI is InChI=1S/C9H6ClNO3/c1-5-7(11-4-12)3-2-6(8(5)10)9(13)14/h2-3H,1H3,(H,13,14). The maximum absolute atomic E-state index is 10.7. The normalized spacial score (nSPS) is 9.29. The van der Waals surface area contributed by atoms with Gasteiger partial charge in [-0.15, -0.1) is 0 Å². The number of aliphatic imine (C=N–C) groups is 1. The molecule has 0 spiro atoms. The number of nitrogens with zero attached hydrogens (tertiary/aromatic N) is 1. The summed E-state index contributed by atoms with van der Waals surface area (Å²) in [6.45, 7) is 1.59. The lowest BCUT2D eigenvalue weighted by Gasteiger charge is -2.04. The van der Waals surface area contributed by atoms with Crippen molar-refractivity contribution in [2.45, 2.75) is 6.92 Å². The molecule has 1 N–H and O–H groups in total. The minimum atomic E-state index is -1.11. The summed E-state index contributed by atoms with van der Waals surface area (Å²) in [7, 11) is 0. The molecule has 0 aromatic heterocycles. The highest BCUT2D eigenvalue weighted by atomic mass is 35.5. The van der Waals surface area contributed by atoms with Gasteiger partial charge < -0.3 is 5.11 Å². The van der Waals surface area contributed by atoms with E-state index in [1.807, 2.05) is 0 Å². The van der Waals surface area contributed by atoms with Gasteiger partial charge in [-0.05, 0) is 24.6 Å². The van der Waals surface area contributed by atoms with E-state index in [1.54, 1.807) is 6.92 Å². The summed E-state index contributed by atoms with van der Waals surface area (Å²) in [5, 5.41) is 8.81. The van der Waals surface area contributed by atoms with E-state index in [9.17, 15) is 9.59 Å². The molecule has 14 heavy (non-hydrogen) atoms. The van der Waals surface area contributed by atoms with E-state index in [4.69, 9.17) is 16.7 Å². The van der Waals surface area contributed by atoms with Crippen LogP contribution in [0, 0.1) is 6.92 Å². The van der Waals surface area contributed by atoms with Gasteiger partial charge in [-0.2, -0.15) is 4.99 Å². The van der Waals surface area contributed by atoms with Gasteiger partial charge in [0.1, 0.15) is 0 Å². The zero-order valence-corrected chi connectivity index (χ0v) is 8.00. The molecule has 4 nitrogen and oxygen atoms in total. The Labute approximate surface area is 84.8 Å². The Hall–Kier alpha value is -1.64. The summed E-state index contributed by atoms with van der Waals surface area (Å²) in [5.41, 5.74) is 0.777. The molecule has 0 atom stereocenters. The lowest BCUT2D eigenvalue weighted by molar-refractivity contribution is 0.0697. The molecule has 0 saturated heterocycles. The SMILES string of the molecule is Cc1c(N=C=O)ccc(C(=O)O)c1Cl. The Bertz CT molecular complexity index is 409. The van der Waals surface area contributed by atoms with Crippen molar-refractivity contribution in [1.82, 2.24) is 0 Å². The second-order valence-electron chi connectivity index (χ2n) is 2.58. The molecule has 0 fully saturated rings.